The van der Waals surface area contributed by atoms with Crippen molar-refractivity contribution in [1.82, 2.24) is 5.16 Å². The molecule has 16 heavy (non-hydrogen) atoms. The molecule has 0 saturated carbocycles. The normalized spacial score (nSPS) is 10.5. The molecule has 0 saturated heterocycles. The molecular formula is C10H6Br2ClNO2. The summed E-state index contributed by atoms with van der Waals surface area (Å²) in [6, 6.07) is 5.62. The van der Waals surface area contributed by atoms with E-state index in [1.54, 1.807) is 7.11 Å². The minimum absolute atomic E-state index is 0.219. The van der Waals surface area contributed by atoms with Crippen molar-refractivity contribution in [3.63, 3.8) is 0 Å². The molecule has 2 aromatic rings. The minimum atomic E-state index is 0.219. The lowest BCUT2D eigenvalue weighted by molar-refractivity contribution is 0.411. The van der Waals surface area contributed by atoms with Crippen LogP contribution in [0, 0.1) is 0 Å². The largest absolute Gasteiger partial charge is 0.496 e. The molecule has 0 bridgehead atoms. The van der Waals surface area contributed by atoms with E-state index in [2.05, 4.69) is 37.0 Å². The highest BCUT2D eigenvalue weighted by Gasteiger charge is 2.17. The third kappa shape index (κ3) is 2.12. The highest BCUT2D eigenvalue weighted by atomic mass is 79.9. The summed E-state index contributed by atoms with van der Waals surface area (Å²) < 4.78 is 11.7. The first-order valence-corrected chi connectivity index (χ1v) is 6.24. The summed E-state index contributed by atoms with van der Waals surface area (Å²) in [6.07, 6.45) is 0. The fraction of sp³-hybridized carbons (Fsp3) is 0.100. The molecule has 0 N–H and O–H groups in total. The average Bonchev–Trinajstić information content (AvgIpc) is 2.60. The molecule has 0 aliphatic rings. The van der Waals surface area contributed by atoms with Crippen molar-refractivity contribution in [1.29, 1.82) is 0 Å². The van der Waals surface area contributed by atoms with Gasteiger partial charge in [-0.05, 0) is 45.7 Å². The molecular weight excluding hydrogens is 361 g/mol. The van der Waals surface area contributed by atoms with Gasteiger partial charge in [0.2, 0.25) is 5.22 Å². The first kappa shape index (κ1) is 12.0. The fourth-order valence-corrected chi connectivity index (χ4v) is 2.14. The predicted octanol–water partition coefficient (Wildman–Crippen LogP) is 4.53. The third-order valence-electron chi connectivity index (χ3n) is 2.01. The first-order valence-electron chi connectivity index (χ1n) is 4.28. The quantitative estimate of drug-likeness (QED) is 0.782. The maximum atomic E-state index is 5.79. The predicted molar refractivity (Wildman–Crippen MR) is 68.9 cm³/mol. The molecule has 0 unspecified atom stereocenters. The zero-order valence-corrected chi connectivity index (χ0v) is 12.1. The Kier molecular flexibility index (Phi) is 3.56. The second-order valence-electron chi connectivity index (χ2n) is 2.96. The molecule has 3 nitrogen and oxygen atoms in total. The molecule has 0 atom stereocenters. The monoisotopic (exact) mass is 365 g/mol. The van der Waals surface area contributed by atoms with E-state index < -0.39 is 0 Å². The van der Waals surface area contributed by atoms with Gasteiger partial charge in [0.25, 0.3) is 0 Å². The third-order valence-corrected chi connectivity index (χ3v) is 3.73. The van der Waals surface area contributed by atoms with Crippen molar-refractivity contribution in [2.75, 3.05) is 7.11 Å². The van der Waals surface area contributed by atoms with E-state index in [0.717, 1.165) is 10.0 Å². The van der Waals surface area contributed by atoms with Crippen LogP contribution in [0.4, 0.5) is 0 Å². The lowest BCUT2D eigenvalue weighted by Gasteiger charge is -2.06. The number of methoxy groups -OCH3 is 1. The van der Waals surface area contributed by atoms with Crippen LogP contribution < -0.4 is 4.74 Å². The Balaban J connectivity index is 2.62. The van der Waals surface area contributed by atoms with Gasteiger partial charge in [0.1, 0.15) is 15.9 Å². The van der Waals surface area contributed by atoms with Gasteiger partial charge in [-0.3, -0.25) is 0 Å². The van der Waals surface area contributed by atoms with Crippen LogP contribution in [0.3, 0.4) is 0 Å². The molecule has 0 amide bonds. The average molecular weight is 367 g/mol. The van der Waals surface area contributed by atoms with Gasteiger partial charge in [0.15, 0.2) is 0 Å². The summed E-state index contributed by atoms with van der Waals surface area (Å²) in [5.74, 6) is 0.703. The molecule has 0 spiro atoms. The molecule has 1 heterocycles. The highest BCUT2D eigenvalue weighted by molar-refractivity contribution is 9.11. The van der Waals surface area contributed by atoms with Crippen molar-refractivity contribution in [3.05, 3.63) is 32.4 Å². The SMILES string of the molecule is COc1ccc(Br)cc1-c1noc(Cl)c1Br. The second kappa shape index (κ2) is 4.77. The van der Waals surface area contributed by atoms with Gasteiger partial charge in [-0.25, -0.2) is 0 Å². The van der Waals surface area contributed by atoms with Crippen molar-refractivity contribution >= 4 is 43.5 Å². The molecule has 6 heteroatoms. The Morgan fingerprint density at radius 2 is 2.12 bits per heavy atom. The fourth-order valence-electron chi connectivity index (χ4n) is 1.29. The molecule has 84 valence electrons. The van der Waals surface area contributed by atoms with Crippen LogP contribution in [-0.2, 0) is 0 Å². The Morgan fingerprint density at radius 3 is 2.69 bits per heavy atom. The summed E-state index contributed by atoms with van der Waals surface area (Å²) in [5.41, 5.74) is 1.42. The molecule has 0 fully saturated rings. The van der Waals surface area contributed by atoms with Gasteiger partial charge in [0.05, 0.1) is 7.11 Å². The summed E-state index contributed by atoms with van der Waals surface area (Å²) >= 11 is 12.5. The van der Waals surface area contributed by atoms with E-state index in [9.17, 15) is 0 Å². The van der Waals surface area contributed by atoms with E-state index in [4.69, 9.17) is 20.9 Å². The van der Waals surface area contributed by atoms with E-state index >= 15 is 0 Å². The Hall–Kier alpha value is -0.520. The van der Waals surface area contributed by atoms with Gasteiger partial charge in [-0.1, -0.05) is 21.1 Å². The number of halogens is 3. The highest BCUT2D eigenvalue weighted by Crippen LogP contribution is 2.39. The second-order valence-corrected chi connectivity index (χ2v) is 5.02. The number of hydrogen-bond donors (Lipinski definition) is 0. The summed E-state index contributed by atoms with van der Waals surface area (Å²) in [5, 5.41) is 4.10. The van der Waals surface area contributed by atoms with Gasteiger partial charge < -0.3 is 9.26 Å². The molecule has 1 aromatic heterocycles. The zero-order chi connectivity index (χ0) is 11.7. The van der Waals surface area contributed by atoms with Crippen molar-refractivity contribution in [3.8, 4) is 17.0 Å². The summed E-state index contributed by atoms with van der Waals surface area (Å²) in [7, 11) is 1.60. The number of ether oxygens (including phenoxy) is 1. The zero-order valence-electron chi connectivity index (χ0n) is 8.13. The molecule has 0 aliphatic carbocycles. The topological polar surface area (TPSA) is 35.3 Å². The van der Waals surface area contributed by atoms with Crippen LogP contribution in [0.5, 0.6) is 5.75 Å². The maximum Gasteiger partial charge on any atom is 0.240 e. The van der Waals surface area contributed by atoms with E-state index in [1.807, 2.05) is 18.2 Å². The number of nitrogens with zero attached hydrogens (tertiary/aromatic N) is 1. The molecule has 2 rings (SSSR count). The molecule has 1 aromatic carbocycles. The smallest absolute Gasteiger partial charge is 0.240 e. The van der Waals surface area contributed by atoms with Crippen LogP contribution in [0.2, 0.25) is 5.22 Å². The Morgan fingerprint density at radius 1 is 1.38 bits per heavy atom. The summed E-state index contributed by atoms with van der Waals surface area (Å²) in [6.45, 7) is 0. The van der Waals surface area contributed by atoms with E-state index in [1.165, 1.54) is 0 Å². The van der Waals surface area contributed by atoms with Crippen LogP contribution in [0.25, 0.3) is 11.3 Å². The first-order chi connectivity index (χ1) is 7.63. The number of benzene rings is 1. The van der Waals surface area contributed by atoms with E-state index in [-0.39, 0.29) is 5.22 Å². The maximum absolute atomic E-state index is 5.79. The number of aromatic nitrogens is 1. The lowest BCUT2D eigenvalue weighted by Crippen LogP contribution is -1.88. The minimum Gasteiger partial charge on any atom is -0.496 e. The number of hydrogen-bond acceptors (Lipinski definition) is 3. The standard InChI is InChI=1S/C10H6Br2ClNO2/c1-15-7-3-2-5(11)4-6(7)9-8(12)10(13)16-14-9/h2-4H,1H3. The van der Waals surface area contributed by atoms with Gasteiger partial charge in [0, 0.05) is 10.0 Å². The summed E-state index contributed by atoms with van der Waals surface area (Å²) in [4.78, 5) is 0. The lowest BCUT2D eigenvalue weighted by atomic mass is 10.1. The van der Waals surface area contributed by atoms with Gasteiger partial charge >= 0.3 is 0 Å². The molecule has 0 radical (unpaired) electrons. The van der Waals surface area contributed by atoms with Crippen molar-refractivity contribution < 1.29 is 9.26 Å². The van der Waals surface area contributed by atoms with Gasteiger partial charge in [-0.2, -0.15) is 0 Å². The van der Waals surface area contributed by atoms with E-state index in [0.29, 0.717) is 15.9 Å². The van der Waals surface area contributed by atoms with Crippen LogP contribution in [0.1, 0.15) is 0 Å². The van der Waals surface area contributed by atoms with Crippen LogP contribution in [-0.4, -0.2) is 12.3 Å². The van der Waals surface area contributed by atoms with Crippen molar-refractivity contribution in [2.45, 2.75) is 0 Å². The Labute approximate surface area is 114 Å². The molecule has 0 aliphatic heterocycles. The number of rotatable bonds is 2. The van der Waals surface area contributed by atoms with Crippen LogP contribution >= 0.6 is 43.5 Å². The van der Waals surface area contributed by atoms with Crippen molar-refractivity contribution in [2.24, 2.45) is 0 Å². The van der Waals surface area contributed by atoms with Crippen LogP contribution in [0.15, 0.2) is 31.7 Å². The van der Waals surface area contributed by atoms with Gasteiger partial charge in [-0.15, -0.1) is 0 Å². The Bertz CT molecular complexity index is 528.